The molecule has 74 valence electrons. The Morgan fingerprint density at radius 1 is 1.27 bits per heavy atom. The molecule has 2 aromatic rings. The number of nitrogens with zero attached hydrogens (tertiary/aromatic N) is 1. The van der Waals surface area contributed by atoms with Gasteiger partial charge in [-0.2, -0.15) is 0 Å². The molecule has 0 saturated heterocycles. The number of rotatable bonds is 1. The number of ether oxygens (including phenoxy) is 1. The predicted molar refractivity (Wildman–Crippen MR) is 59.2 cm³/mol. The maximum Gasteiger partial charge on any atom is 0.173 e. The number of allylic oxidation sites excluding steroid dienone is 2. The molecular weight excluding hydrogens is 188 g/mol. The molecule has 0 unspecified atom stereocenters. The van der Waals surface area contributed by atoms with Crippen LogP contribution in [0.15, 0.2) is 42.5 Å². The van der Waals surface area contributed by atoms with Gasteiger partial charge in [0.05, 0.1) is 11.0 Å². The Balaban J connectivity index is 2.11. The van der Waals surface area contributed by atoms with E-state index in [2.05, 4.69) is 9.97 Å². The van der Waals surface area contributed by atoms with Gasteiger partial charge >= 0.3 is 0 Å². The fourth-order valence-corrected chi connectivity index (χ4v) is 1.61. The Morgan fingerprint density at radius 3 is 3.00 bits per heavy atom. The number of hydrogen-bond acceptors (Lipinski definition) is 2. The molecule has 0 saturated carbocycles. The molecule has 0 fully saturated rings. The first kappa shape index (κ1) is 8.29. The maximum absolute atomic E-state index is 5.47. The minimum absolute atomic E-state index is 0.614. The van der Waals surface area contributed by atoms with Gasteiger partial charge in [-0.05, 0) is 24.3 Å². The standard InChI is InChI=1S/C12H10N2O/c1-2-6-10-9(5-1)13-12(14-10)11-7-3-4-8-15-11/h1-7H,8H2,(H,13,14). The highest BCUT2D eigenvalue weighted by molar-refractivity contribution is 5.77. The number of imidazole rings is 1. The third-order valence-electron chi connectivity index (χ3n) is 2.34. The van der Waals surface area contributed by atoms with Gasteiger partial charge in [0, 0.05) is 0 Å². The smallest absolute Gasteiger partial charge is 0.173 e. The van der Waals surface area contributed by atoms with E-state index in [1.165, 1.54) is 0 Å². The Morgan fingerprint density at radius 2 is 2.20 bits per heavy atom. The number of fused-ring (bicyclic) bond motifs is 1. The average Bonchev–Trinajstić information content (AvgIpc) is 2.74. The van der Waals surface area contributed by atoms with Crippen molar-refractivity contribution in [1.29, 1.82) is 0 Å². The number of nitrogens with one attached hydrogen (secondary N) is 1. The number of H-pyrrole nitrogens is 1. The normalized spacial score (nSPS) is 15.1. The van der Waals surface area contributed by atoms with Crippen LogP contribution in [0.2, 0.25) is 0 Å². The highest BCUT2D eigenvalue weighted by atomic mass is 16.5. The molecule has 0 spiro atoms. The molecule has 0 aliphatic carbocycles. The molecule has 0 amide bonds. The molecule has 0 atom stereocenters. The molecule has 1 aliphatic rings. The summed E-state index contributed by atoms with van der Waals surface area (Å²) in [6, 6.07) is 7.95. The van der Waals surface area contributed by atoms with E-state index in [1.807, 2.05) is 42.5 Å². The number of aromatic nitrogens is 2. The summed E-state index contributed by atoms with van der Waals surface area (Å²) in [5.74, 6) is 1.59. The van der Waals surface area contributed by atoms with Gasteiger partial charge in [0.2, 0.25) is 0 Å². The fraction of sp³-hybridized carbons (Fsp3) is 0.0833. The van der Waals surface area contributed by atoms with Crippen molar-refractivity contribution in [3.05, 3.63) is 48.3 Å². The number of aromatic amines is 1. The topological polar surface area (TPSA) is 37.9 Å². The summed E-state index contributed by atoms with van der Waals surface area (Å²) < 4.78 is 5.47. The van der Waals surface area contributed by atoms with Crippen LogP contribution in [0.3, 0.4) is 0 Å². The van der Waals surface area contributed by atoms with Crippen LogP contribution in [-0.4, -0.2) is 16.6 Å². The van der Waals surface area contributed by atoms with E-state index in [0.717, 1.165) is 22.6 Å². The summed E-state index contributed by atoms with van der Waals surface area (Å²) in [6.45, 7) is 0.614. The van der Waals surface area contributed by atoms with Crippen molar-refractivity contribution in [2.75, 3.05) is 6.61 Å². The van der Waals surface area contributed by atoms with Gasteiger partial charge < -0.3 is 9.72 Å². The first-order valence-electron chi connectivity index (χ1n) is 4.88. The van der Waals surface area contributed by atoms with Crippen LogP contribution in [0.1, 0.15) is 5.82 Å². The van der Waals surface area contributed by atoms with E-state index in [4.69, 9.17) is 4.74 Å². The average molecular weight is 198 g/mol. The lowest BCUT2D eigenvalue weighted by Gasteiger charge is -2.07. The van der Waals surface area contributed by atoms with Gasteiger partial charge in [-0.15, -0.1) is 0 Å². The Bertz CT molecular complexity index is 519. The van der Waals surface area contributed by atoms with Crippen LogP contribution in [0.4, 0.5) is 0 Å². The van der Waals surface area contributed by atoms with E-state index in [-0.39, 0.29) is 0 Å². The van der Waals surface area contributed by atoms with Gasteiger partial charge in [-0.25, -0.2) is 4.98 Å². The summed E-state index contributed by atoms with van der Waals surface area (Å²) >= 11 is 0. The lowest BCUT2D eigenvalue weighted by molar-refractivity contribution is 0.313. The van der Waals surface area contributed by atoms with E-state index in [9.17, 15) is 0 Å². The van der Waals surface area contributed by atoms with Crippen LogP contribution in [0, 0.1) is 0 Å². The van der Waals surface area contributed by atoms with Crippen molar-refractivity contribution >= 4 is 16.8 Å². The zero-order valence-electron chi connectivity index (χ0n) is 8.10. The van der Waals surface area contributed by atoms with Crippen molar-refractivity contribution in [3.8, 4) is 0 Å². The second kappa shape index (κ2) is 3.28. The minimum Gasteiger partial charge on any atom is -0.486 e. The zero-order chi connectivity index (χ0) is 10.1. The number of para-hydroxylation sites is 2. The number of benzene rings is 1. The minimum atomic E-state index is 0.614. The molecule has 3 nitrogen and oxygen atoms in total. The Hall–Kier alpha value is -2.03. The van der Waals surface area contributed by atoms with E-state index < -0.39 is 0 Å². The Labute approximate surface area is 87.1 Å². The predicted octanol–water partition coefficient (Wildman–Crippen LogP) is 2.49. The van der Waals surface area contributed by atoms with Crippen molar-refractivity contribution in [3.63, 3.8) is 0 Å². The van der Waals surface area contributed by atoms with Crippen LogP contribution >= 0.6 is 0 Å². The molecule has 0 bridgehead atoms. The largest absolute Gasteiger partial charge is 0.486 e. The fourth-order valence-electron chi connectivity index (χ4n) is 1.61. The molecule has 2 heterocycles. The SMILES string of the molecule is C1=CCOC(c2nc3ccccc3[nH]2)=C1. The third-order valence-corrected chi connectivity index (χ3v) is 2.34. The molecule has 15 heavy (non-hydrogen) atoms. The molecule has 3 rings (SSSR count). The van der Waals surface area contributed by atoms with Crippen molar-refractivity contribution in [2.45, 2.75) is 0 Å². The highest BCUT2D eigenvalue weighted by Gasteiger charge is 2.09. The molecular formula is C12H10N2O. The van der Waals surface area contributed by atoms with Gasteiger partial charge in [-0.1, -0.05) is 18.2 Å². The molecule has 3 heteroatoms. The number of hydrogen-bond donors (Lipinski definition) is 1. The van der Waals surface area contributed by atoms with Crippen LogP contribution in [0.25, 0.3) is 16.8 Å². The summed E-state index contributed by atoms with van der Waals surface area (Å²) in [5, 5.41) is 0. The summed E-state index contributed by atoms with van der Waals surface area (Å²) in [4.78, 5) is 7.68. The lowest BCUT2D eigenvalue weighted by atomic mass is 10.3. The lowest BCUT2D eigenvalue weighted by Crippen LogP contribution is -1.97. The summed E-state index contributed by atoms with van der Waals surface area (Å²) in [6.07, 6.45) is 5.86. The second-order valence-electron chi connectivity index (χ2n) is 3.37. The molecule has 1 aliphatic heterocycles. The van der Waals surface area contributed by atoms with Gasteiger partial charge in [0.15, 0.2) is 11.6 Å². The third kappa shape index (κ3) is 1.42. The second-order valence-corrected chi connectivity index (χ2v) is 3.37. The van der Waals surface area contributed by atoms with Gasteiger partial charge in [0.25, 0.3) is 0 Å². The van der Waals surface area contributed by atoms with Crippen molar-refractivity contribution < 1.29 is 4.74 Å². The Kier molecular flexibility index (Phi) is 1.81. The van der Waals surface area contributed by atoms with Gasteiger partial charge in [0.1, 0.15) is 6.61 Å². The van der Waals surface area contributed by atoms with Crippen LogP contribution in [0.5, 0.6) is 0 Å². The van der Waals surface area contributed by atoms with E-state index in [0.29, 0.717) is 6.61 Å². The van der Waals surface area contributed by atoms with E-state index in [1.54, 1.807) is 0 Å². The molecule has 0 radical (unpaired) electrons. The van der Waals surface area contributed by atoms with Crippen molar-refractivity contribution in [1.82, 2.24) is 9.97 Å². The zero-order valence-corrected chi connectivity index (χ0v) is 8.10. The molecule has 1 aromatic carbocycles. The van der Waals surface area contributed by atoms with Gasteiger partial charge in [-0.3, -0.25) is 0 Å². The molecule has 1 N–H and O–H groups in total. The first-order valence-corrected chi connectivity index (χ1v) is 4.88. The highest BCUT2D eigenvalue weighted by Crippen LogP contribution is 2.19. The van der Waals surface area contributed by atoms with Crippen LogP contribution < -0.4 is 0 Å². The first-order chi connectivity index (χ1) is 7.43. The monoisotopic (exact) mass is 198 g/mol. The quantitative estimate of drug-likeness (QED) is 0.764. The van der Waals surface area contributed by atoms with Crippen molar-refractivity contribution in [2.24, 2.45) is 0 Å². The summed E-state index contributed by atoms with van der Waals surface area (Å²) in [5.41, 5.74) is 2.00. The maximum atomic E-state index is 5.47. The van der Waals surface area contributed by atoms with Crippen LogP contribution in [-0.2, 0) is 4.74 Å². The molecule has 1 aromatic heterocycles. The summed E-state index contributed by atoms with van der Waals surface area (Å²) in [7, 11) is 0. The van der Waals surface area contributed by atoms with E-state index >= 15 is 0 Å².